The van der Waals surface area contributed by atoms with Crippen LogP contribution in [0.4, 0.5) is 5.69 Å². The van der Waals surface area contributed by atoms with Crippen LogP contribution in [0, 0.1) is 0 Å². The topological polar surface area (TPSA) is 70.4 Å². The number of benzene rings is 1. The Morgan fingerprint density at radius 2 is 2.19 bits per heavy atom. The van der Waals surface area contributed by atoms with Crippen LogP contribution < -0.4 is 14.8 Å². The summed E-state index contributed by atoms with van der Waals surface area (Å²) >= 11 is 0. The number of hydrogen-bond donors (Lipinski definition) is 1. The van der Waals surface area contributed by atoms with Gasteiger partial charge in [0, 0.05) is 18.2 Å². The predicted molar refractivity (Wildman–Crippen MR) is 102 cm³/mol. The minimum Gasteiger partial charge on any atom is -0.454 e. The zero-order valence-electron chi connectivity index (χ0n) is 15.4. The number of hydrogen-bond acceptors (Lipinski definition) is 6. The van der Waals surface area contributed by atoms with Gasteiger partial charge in [-0.25, -0.2) is 4.98 Å². The Morgan fingerprint density at radius 3 is 3.00 bits per heavy atom. The van der Waals surface area contributed by atoms with Crippen molar-refractivity contribution in [2.75, 3.05) is 25.3 Å². The highest BCUT2D eigenvalue weighted by atomic mass is 16.7. The number of fused-ring (bicyclic) bond motifs is 2. The lowest BCUT2D eigenvalue weighted by Crippen LogP contribution is -2.20. The molecular weight excluding hydrogens is 344 g/mol. The van der Waals surface area contributed by atoms with Crippen molar-refractivity contribution < 1.29 is 14.2 Å². The van der Waals surface area contributed by atoms with E-state index in [-0.39, 0.29) is 12.8 Å². The van der Waals surface area contributed by atoms with E-state index in [0.717, 1.165) is 52.5 Å². The fraction of sp³-hybridized carbons (Fsp3) is 0.400. The lowest BCUT2D eigenvalue weighted by atomic mass is 10.1. The molecule has 1 N–H and O–H groups in total. The third-order valence-corrected chi connectivity index (χ3v) is 5.00. The predicted octanol–water partition coefficient (Wildman–Crippen LogP) is 3.61. The summed E-state index contributed by atoms with van der Waals surface area (Å²) in [6.45, 7) is 5.99. The van der Waals surface area contributed by atoms with Gasteiger partial charge >= 0.3 is 0 Å². The molecule has 7 heteroatoms. The van der Waals surface area contributed by atoms with Crippen LogP contribution in [0.3, 0.4) is 0 Å². The fourth-order valence-corrected chi connectivity index (χ4v) is 3.70. The molecule has 2 aliphatic rings. The van der Waals surface area contributed by atoms with Crippen LogP contribution in [-0.2, 0) is 4.74 Å². The average Bonchev–Trinajstić information content (AvgIpc) is 3.41. The molecule has 27 heavy (non-hydrogen) atoms. The van der Waals surface area contributed by atoms with E-state index in [4.69, 9.17) is 19.2 Å². The van der Waals surface area contributed by atoms with Gasteiger partial charge in [-0.15, -0.1) is 0 Å². The standard InChI is InChI=1S/C20H22N4O3/c1-12(2)24-19-16(22-13-6-7-25-10-13)8-15(23-17(19)9-21-24)14-4-3-5-18-20(14)27-11-26-18/h3-5,8-9,12-13H,6-7,10-11H2,1-2H3,(H,22,23)/t13-/m1/s1. The van der Waals surface area contributed by atoms with E-state index in [1.807, 2.05) is 29.1 Å². The molecule has 0 aliphatic carbocycles. The first kappa shape index (κ1) is 16.4. The number of para-hydroxylation sites is 1. The number of nitrogens with zero attached hydrogens (tertiary/aromatic N) is 3. The van der Waals surface area contributed by atoms with Crippen LogP contribution in [-0.4, -0.2) is 40.8 Å². The molecule has 0 unspecified atom stereocenters. The molecular formula is C20H22N4O3. The Kier molecular flexibility index (Phi) is 3.89. The zero-order chi connectivity index (χ0) is 18.4. The maximum Gasteiger partial charge on any atom is 0.231 e. The van der Waals surface area contributed by atoms with Crippen molar-refractivity contribution in [3.8, 4) is 22.8 Å². The number of pyridine rings is 1. The molecule has 0 spiro atoms. The summed E-state index contributed by atoms with van der Waals surface area (Å²) in [5, 5.41) is 8.21. The maximum absolute atomic E-state index is 5.69. The Balaban J connectivity index is 1.67. The molecule has 1 atom stereocenters. The SMILES string of the molecule is CC(C)n1ncc2nc(-c3cccc4c3OCO4)cc(N[C@@H]3CCOC3)c21. The molecule has 1 fully saturated rings. The molecule has 2 aromatic heterocycles. The molecule has 0 bridgehead atoms. The first-order chi connectivity index (χ1) is 13.2. The summed E-state index contributed by atoms with van der Waals surface area (Å²) in [5.41, 5.74) is 4.67. The summed E-state index contributed by atoms with van der Waals surface area (Å²) in [7, 11) is 0. The van der Waals surface area contributed by atoms with Crippen LogP contribution in [0.1, 0.15) is 26.3 Å². The number of anilines is 1. The molecule has 0 radical (unpaired) electrons. The summed E-state index contributed by atoms with van der Waals surface area (Å²) in [6, 6.07) is 8.50. The minimum absolute atomic E-state index is 0.240. The Hall–Kier alpha value is -2.80. The van der Waals surface area contributed by atoms with Crippen LogP contribution in [0.25, 0.3) is 22.3 Å². The molecule has 0 saturated carbocycles. The number of rotatable bonds is 4. The van der Waals surface area contributed by atoms with Gasteiger partial charge in [-0.1, -0.05) is 6.07 Å². The lowest BCUT2D eigenvalue weighted by molar-refractivity contribution is 0.174. The largest absolute Gasteiger partial charge is 0.454 e. The molecule has 3 aromatic rings. The summed E-state index contributed by atoms with van der Waals surface area (Å²) in [4.78, 5) is 4.87. The van der Waals surface area contributed by atoms with Crippen molar-refractivity contribution in [2.45, 2.75) is 32.4 Å². The van der Waals surface area contributed by atoms with Crippen LogP contribution in [0.2, 0.25) is 0 Å². The van der Waals surface area contributed by atoms with E-state index in [1.54, 1.807) is 0 Å². The molecule has 4 heterocycles. The Morgan fingerprint density at radius 1 is 1.26 bits per heavy atom. The monoisotopic (exact) mass is 366 g/mol. The first-order valence-electron chi connectivity index (χ1n) is 9.32. The molecule has 1 saturated heterocycles. The van der Waals surface area contributed by atoms with Gasteiger partial charge in [-0.2, -0.15) is 5.10 Å². The van der Waals surface area contributed by atoms with Crippen molar-refractivity contribution in [1.29, 1.82) is 0 Å². The van der Waals surface area contributed by atoms with Gasteiger partial charge in [0.15, 0.2) is 11.5 Å². The van der Waals surface area contributed by atoms with Crippen LogP contribution in [0.15, 0.2) is 30.5 Å². The highest BCUT2D eigenvalue weighted by Gasteiger charge is 2.23. The highest BCUT2D eigenvalue weighted by molar-refractivity contribution is 5.92. The van der Waals surface area contributed by atoms with Crippen molar-refractivity contribution in [2.24, 2.45) is 0 Å². The third kappa shape index (κ3) is 2.78. The second kappa shape index (κ2) is 6.42. The molecule has 1 aromatic carbocycles. The molecule has 140 valence electrons. The van der Waals surface area contributed by atoms with Crippen molar-refractivity contribution in [3.63, 3.8) is 0 Å². The van der Waals surface area contributed by atoms with Gasteiger partial charge in [0.1, 0.15) is 11.0 Å². The number of aromatic nitrogens is 3. The van der Waals surface area contributed by atoms with Crippen molar-refractivity contribution >= 4 is 16.7 Å². The maximum atomic E-state index is 5.69. The molecule has 5 rings (SSSR count). The van der Waals surface area contributed by atoms with Crippen LogP contribution >= 0.6 is 0 Å². The van der Waals surface area contributed by atoms with Gasteiger partial charge < -0.3 is 19.5 Å². The summed E-state index contributed by atoms with van der Waals surface area (Å²) in [6.07, 6.45) is 2.82. The minimum atomic E-state index is 0.240. The smallest absolute Gasteiger partial charge is 0.231 e. The van der Waals surface area contributed by atoms with E-state index in [9.17, 15) is 0 Å². The summed E-state index contributed by atoms with van der Waals surface area (Å²) < 4.78 is 18.8. The van der Waals surface area contributed by atoms with E-state index in [0.29, 0.717) is 12.6 Å². The van der Waals surface area contributed by atoms with Crippen LogP contribution in [0.5, 0.6) is 11.5 Å². The Bertz CT molecular complexity index is 992. The van der Waals surface area contributed by atoms with Crippen molar-refractivity contribution in [3.05, 3.63) is 30.5 Å². The normalized spacial score (nSPS) is 18.6. The van der Waals surface area contributed by atoms with Gasteiger partial charge in [0.05, 0.1) is 30.2 Å². The molecule has 7 nitrogen and oxygen atoms in total. The van der Waals surface area contributed by atoms with E-state index >= 15 is 0 Å². The average molecular weight is 366 g/mol. The lowest BCUT2D eigenvalue weighted by Gasteiger charge is -2.17. The highest BCUT2D eigenvalue weighted by Crippen LogP contribution is 2.42. The second-order valence-corrected chi connectivity index (χ2v) is 7.22. The third-order valence-electron chi connectivity index (χ3n) is 5.00. The second-order valence-electron chi connectivity index (χ2n) is 7.22. The van der Waals surface area contributed by atoms with E-state index in [1.165, 1.54) is 0 Å². The number of ether oxygens (including phenoxy) is 3. The fourth-order valence-electron chi connectivity index (χ4n) is 3.70. The van der Waals surface area contributed by atoms with Gasteiger partial charge in [-0.05, 0) is 38.5 Å². The zero-order valence-corrected chi connectivity index (χ0v) is 15.4. The van der Waals surface area contributed by atoms with Gasteiger partial charge in [0.2, 0.25) is 6.79 Å². The van der Waals surface area contributed by atoms with E-state index in [2.05, 4.69) is 30.3 Å². The Labute approximate surface area is 157 Å². The van der Waals surface area contributed by atoms with Crippen molar-refractivity contribution in [1.82, 2.24) is 14.8 Å². The summed E-state index contributed by atoms with van der Waals surface area (Å²) in [5.74, 6) is 1.50. The molecule has 2 aliphatic heterocycles. The van der Waals surface area contributed by atoms with Gasteiger partial charge in [-0.3, -0.25) is 4.68 Å². The first-order valence-corrected chi connectivity index (χ1v) is 9.32. The number of nitrogens with one attached hydrogen (secondary N) is 1. The van der Waals surface area contributed by atoms with Gasteiger partial charge in [0.25, 0.3) is 0 Å². The molecule has 0 amide bonds. The quantitative estimate of drug-likeness (QED) is 0.761. The van der Waals surface area contributed by atoms with E-state index < -0.39 is 0 Å².